The topological polar surface area (TPSA) is 88.4 Å². The number of ether oxygens (including phenoxy) is 3. The lowest BCUT2D eigenvalue weighted by Crippen LogP contribution is -2.24. The second-order valence-corrected chi connectivity index (χ2v) is 16.6. The summed E-state index contributed by atoms with van der Waals surface area (Å²) in [6, 6.07) is 12.0. The lowest BCUT2D eigenvalue weighted by Gasteiger charge is -2.39. The van der Waals surface area contributed by atoms with Gasteiger partial charge < -0.3 is 29.5 Å². The van der Waals surface area contributed by atoms with Gasteiger partial charge in [-0.3, -0.25) is 0 Å². The molecule has 42 heavy (non-hydrogen) atoms. The van der Waals surface area contributed by atoms with Gasteiger partial charge >= 0.3 is 0 Å². The fraction of sp³-hybridized carbons (Fsp3) is 0.200. The summed E-state index contributed by atoms with van der Waals surface area (Å²) in [4.78, 5) is 0. The van der Waals surface area contributed by atoms with E-state index < -0.39 is 0 Å². The Kier molecular flexibility index (Phi) is 9.67. The van der Waals surface area contributed by atoms with Crippen molar-refractivity contribution in [1.82, 2.24) is 0 Å². The van der Waals surface area contributed by atoms with Crippen LogP contribution in [0.3, 0.4) is 0 Å². The molecule has 2 heterocycles. The summed E-state index contributed by atoms with van der Waals surface area (Å²) >= 11 is 12.9. The van der Waals surface area contributed by atoms with Gasteiger partial charge in [0.1, 0.15) is 46.0 Å². The van der Waals surface area contributed by atoms with E-state index in [4.69, 9.17) is 14.2 Å². The van der Waals surface area contributed by atoms with Crippen LogP contribution in [-0.4, -0.2) is 21.9 Å². The van der Waals surface area contributed by atoms with Crippen molar-refractivity contribution in [1.29, 1.82) is 0 Å². The van der Waals surface area contributed by atoms with Gasteiger partial charge in [0.25, 0.3) is 0 Å². The van der Waals surface area contributed by atoms with Crippen LogP contribution in [-0.2, 0) is 0 Å². The molecule has 3 N–H and O–H groups in total. The van der Waals surface area contributed by atoms with Crippen LogP contribution in [0.5, 0.6) is 46.0 Å². The van der Waals surface area contributed by atoms with E-state index in [-0.39, 0.29) is 29.1 Å². The van der Waals surface area contributed by atoms with Gasteiger partial charge in [-0.15, -0.1) is 0 Å². The number of hydrogen-bond donors (Lipinski definition) is 3. The second kappa shape index (κ2) is 12.7. The van der Waals surface area contributed by atoms with Crippen LogP contribution >= 0.6 is 136 Å². The first-order valence-electron chi connectivity index (χ1n) is 12.8. The van der Waals surface area contributed by atoms with Gasteiger partial charge in [0, 0.05) is 40.2 Å². The molecule has 0 saturated carbocycles. The molecule has 0 radical (unpaired) electrons. The first-order valence-corrected chi connectivity index (χ1v) is 19.3. The Bertz CT molecular complexity index is 1710. The Morgan fingerprint density at radius 2 is 1.10 bits per heavy atom. The Balaban J connectivity index is 1.67. The van der Waals surface area contributed by atoms with Crippen LogP contribution in [0.1, 0.15) is 53.9 Å². The summed E-state index contributed by atoms with van der Waals surface area (Å²) in [7, 11) is 0. The minimum atomic E-state index is -0.265. The van der Waals surface area contributed by atoms with Gasteiger partial charge in [-0.2, -0.15) is 0 Å². The molecule has 0 bridgehead atoms. The number of rotatable bonds is 5. The molecule has 0 saturated heterocycles. The van der Waals surface area contributed by atoms with E-state index in [2.05, 4.69) is 149 Å². The lowest BCUT2D eigenvalue weighted by molar-refractivity contribution is 0.307. The molecule has 0 amide bonds. The molecular weight excluding hydrogens is 1220 g/mol. The molecule has 0 aromatic heterocycles. The van der Waals surface area contributed by atoms with E-state index in [9.17, 15) is 15.3 Å². The summed E-state index contributed by atoms with van der Waals surface area (Å²) < 4.78 is 23.1. The van der Waals surface area contributed by atoms with Gasteiger partial charge in [-0.05, 0) is 166 Å². The predicted octanol–water partition coefficient (Wildman–Crippen LogP) is 10.8. The summed E-state index contributed by atoms with van der Waals surface area (Å²) in [5.74, 6) is 3.15. The smallest absolute Gasteiger partial charge is 0.148 e. The standard InChI is InChI=1S/C30H20I6O6/c1-2-3-6-40-11-4-5-12-19(7-11)41-28-13(8-16(31)25(37)22(28)34)20(12)21-14-9-17(32)26(38)23(35)29(14)42-30-15(21)10-18(33)27(39)24(30)36/h4-5,7-10,20-21,37-39H,2-3,6H2,1H3. The minimum Gasteiger partial charge on any atom is -0.506 e. The summed E-state index contributed by atoms with van der Waals surface area (Å²) in [5, 5.41) is 32.7. The van der Waals surface area contributed by atoms with E-state index in [0.717, 1.165) is 51.6 Å². The van der Waals surface area contributed by atoms with Crippen molar-refractivity contribution in [3.63, 3.8) is 0 Å². The first kappa shape index (κ1) is 32.0. The molecule has 6 rings (SSSR count). The number of hydrogen-bond acceptors (Lipinski definition) is 6. The molecule has 6 nitrogen and oxygen atoms in total. The van der Waals surface area contributed by atoms with Gasteiger partial charge in [0.15, 0.2) is 0 Å². The summed E-state index contributed by atoms with van der Waals surface area (Å²) in [5.41, 5.74) is 3.77. The quantitative estimate of drug-likeness (QED) is 0.136. The van der Waals surface area contributed by atoms with Crippen molar-refractivity contribution in [2.45, 2.75) is 31.6 Å². The van der Waals surface area contributed by atoms with E-state index in [1.165, 1.54) is 0 Å². The number of halogens is 6. The van der Waals surface area contributed by atoms with Crippen molar-refractivity contribution in [3.8, 4) is 46.0 Å². The molecule has 12 heteroatoms. The SMILES string of the molecule is CCCCOc1ccc2c(c1)Oc1c(cc(I)c(O)c1I)C2C1c2cc(I)c(O)c(I)c2Oc2c1cc(I)c(O)c2I. The van der Waals surface area contributed by atoms with Crippen molar-refractivity contribution < 1.29 is 29.5 Å². The fourth-order valence-corrected chi connectivity index (χ4v) is 10.9. The van der Waals surface area contributed by atoms with Gasteiger partial charge in [0.2, 0.25) is 0 Å². The van der Waals surface area contributed by atoms with Crippen molar-refractivity contribution in [3.05, 3.63) is 80.1 Å². The zero-order valence-corrected chi connectivity index (χ0v) is 34.5. The normalized spacial score (nSPS) is 15.2. The van der Waals surface area contributed by atoms with Crippen LogP contribution in [0, 0.1) is 21.4 Å². The van der Waals surface area contributed by atoms with Crippen LogP contribution in [0.2, 0.25) is 0 Å². The third-order valence-electron chi connectivity index (χ3n) is 7.38. The molecule has 0 spiro atoms. The van der Waals surface area contributed by atoms with E-state index in [0.29, 0.717) is 40.3 Å². The van der Waals surface area contributed by atoms with Gasteiger partial charge in [-0.1, -0.05) is 19.4 Å². The lowest BCUT2D eigenvalue weighted by atomic mass is 9.71. The molecule has 2 aliphatic rings. The van der Waals surface area contributed by atoms with Gasteiger partial charge in [-0.25, -0.2) is 0 Å². The number of aromatic hydroxyl groups is 3. The van der Waals surface area contributed by atoms with Crippen LogP contribution in [0.4, 0.5) is 0 Å². The molecule has 218 valence electrons. The van der Waals surface area contributed by atoms with Crippen molar-refractivity contribution in [2.24, 2.45) is 0 Å². The van der Waals surface area contributed by atoms with Crippen molar-refractivity contribution >= 4 is 136 Å². The van der Waals surface area contributed by atoms with Crippen LogP contribution < -0.4 is 14.2 Å². The highest BCUT2D eigenvalue weighted by Crippen LogP contribution is 2.62. The third-order valence-corrected chi connectivity index (χ3v) is 12.8. The summed E-state index contributed by atoms with van der Waals surface area (Å²) in [6.07, 6.45) is 1.99. The Labute approximate surface area is 324 Å². The highest BCUT2D eigenvalue weighted by Gasteiger charge is 2.43. The molecule has 4 aromatic carbocycles. The average molecular weight is 1240 g/mol. The number of phenols is 3. The van der Waals surface area contributed by atoms with E-state index >= 15 is 0 Å². The minimum absolute atomic E-state index is 0.164. The number of benzene rings is 4. The Hall–Kier alpha value is 0.0600. The molecular formula is C30H20I6O6. The van der Waals surface area contributed by atoms with Crippen LogP contribution in [0.25, 0.3) is 0 Å². The Morgan fingerprint density at radius 3 is 1.57 bits per heavy atom. The molecule has 2 aliphatic heterocycles. The monoisotopic (exact) mass is 1240 g/mol. The van der Waals surface area contributed by atoms with E-state index in [1.54, 1.807) is 0 Å². The van der Waals surface area contributed by atoms with E-state index in [1.807, 2.05) is 30.3 Å². The molecule has 4 aromatic rings. The maximum absolute atomic E-state index is 10.9. The van der Waals surface area contributed by atoms with Gasteiger partial charge in [0.05, 0.1) is 28.0 Å². The fourth-order valence-electron chi connectivity index (χ4n) is 5.38. The highest BCUT2D eigenvalue weighted by atomic mass is 127. The highest BCUT2D eigenvalue weighted by molar-refractivity contribution is 14.1. The summed E-state index contributed by atoms with van der Waals surface area (Å²) in [6.45, 7) is 2.75. The maximum Gasteiger partial charge on any atom is 0.148 e. The van der Waals surface area contributed by atoms with Crippen LogP contribution in [0.15, 0.2) is 36.4 Å². The molecule has 0 fully saturated rings. The number of phenolic OH excluding ortho intramolecular Hbond substituents is 3. The zero-order valence-electron chi connectivity index (χ0n) is 21.6. The largest absolute Gasteiger partial charge is 0.506 e. The first-order chi connectivity index (χ1) is 20.0. The average Bonchev–Trinajstić information content (AvgIpc) is 2.97. The molecule has 1 unspecified atom stereocenters. The third kappa shape index (κ3) is 5.43. The maximum atomic E-state index is 10.9. The number of unbranched alkanes of at least 4 members (excludes halogenated alkanes) is 1. The zero-order chi connectivity index (χ0) is 30.0. The number of fused-ring (bicyclic) bond motifs is 4. The van der Waals surface area contributed by atoms with Crippen molar-refractivity contribution in [2.75, 3.05) is 6.61 Å². The molecule has 0 aliphatic carbocycles. The Morgan fingerprint density at radius 1 is 0.643 bits per heavy atom. The predicted molar refractivity (Wildman–Crippen MR) is 211 cm³/mol. The molecule has 1 atom stereocenters. The second-order valence-electron chi connectivity index (χ2n) is 9.88.